The van der Waals surface area contributed by atoms with E-state index in [1.54, 1.807) is 12.4 Å². The van der Waals surface area contributed by atoms with Gasteiger partial charge in [-0.1, -0.05) is 6.07 Å². The average Bonchev–Trinajstić information content (AvgIpc) is 3.33. The first kappa shape index (κ1) is 25.8. The van der Waals surface area contributed by atoms with Gasteiger partial charge in [0.15, 0.2) is 0 Å². The van der Waals surface area contributed by atoms with E-state index in [4.69, 9.17) is 9.72 Å². The molecule has 2 aliphatic rings. The van der Waals surface area contributed by atoms with Gasteiger partial charge in [0.25, 0.3) is 0 Å². The number of nitrogens with one attached hydrogen (secondary N) is 2. The number of hydrogen-bond donors (Lipinski definition) is 2. The molecule has 1 saturated carbocycles. The van der Waals surface area contributed by atoms with E-state index in [0.717, 1.165) is 53.5 Å². The van der Waals surface area contributed by atoms with Gasteiger partial charge < -0.3 is 19.9 Å². The van der Waals surface area contributed by atoms with E-state index in [-0.39, 0.29) is 12.1 Å². The Hall–Kier alpha value is -3.51. The molecule has 206 valence electrons. The van der Waals surface area contributed by atoms with Crippen LogP contribution < -0.4 is 10.1 Å². The monoisotopic (exact) mass is 541 g/mol. The molecular weight excluding hydrogens is 511 g/mol. The summed E-state index contributed by atoms with van der Waals surface area (Å²) in [6.45, 7) is 2.02. The van der Waals surface area contributed by atoms with Gasteiger partial charge in [0.05, 0.1) is 23.3 Å². The second-order valence-electron chi connectivity index (χ2n) is 10.4. The van der Waals surface area contributed by atoms with Crippen molar-refractivity contribution >= 4 is 28.0 Å². The highest BCUT2D eigenvalue weighted by atomic mass is 19.4. The number of fused-ring (bicyclic) bond motifs is 2. The summed E-state index contributed by atoms with van der Waals surface area (Å²) in [4.78, 5) is 23.8. The van der Waals surface area contributed by atoms with Crippen LogP contribution in [0.4, 0.5) is 19.1 Å². The smallest absolute Gasteiger partial charge is 0.473 e. The van der Waals surface area contributed by atoms with Crippen molar-refractivity contribution in [2.75, 3.05) is 25.5 Å². The van der Waals surface area contributed by atoms with Crippen LogP contribution in [0.15, 0.2) is 36.8 Å². The minimum atomic E-state index is -4.59. The first-order valence-corrected chi connectivity index (χ1v) is 13.3. The van der Waals surface area contributed by atoms with Gasteiger partial charge in [-0.2, -0.15) is 4.98 Å². The largest absolute Gasteiger partial charge is 0.522 e. The van der Waals surface area contributed by atoms with Crippen LogP contribution in [-0.2, 0) is 4.74 Å². The number of aromatic amines is 1. The maximum atomic E-state index is 12.5. The predicted molar refractivity (Wildman–Crippen MR) is 140 cm³/mol. The van der Waals surface area contributed by atoms with Crippen LogP contribution in [0.5, 0.6) is 5.88 Å². The third-order valence-electron chi connectivity index (χ3n) is 7.52. The van der Waals surface area contributed by atoms with Crippen molar-refractivity contribution in [3.63, 3.8) is 0 Å². The molecule has 1 aliphatic carbocycles. The van der Waals surface area contributed by atoms with E-state index in [2.05, 4.69) is 41.9 Å². The Balaban J connectivity index is 1.15. The Kier molecular flexibility index (Phi) is 6.98. The molecule has 4 aromatic rings. The summed E-state index contributed by atoms with van der Waals surface area (Å²) >= 11 is 0. The zero-order valence-electron chi connectivity index (χ0n) is 21.5. The number of halogens is 3. The van der Waals surface area contributed by atoms with Crippen molar-refractivity contribution in [2.24, 2.45) is 0 Å². The molecule has 4 heterocycles. The fourth-order valence-corrected chi connectivity index (χ4v) is 5.40. The van der Waals surface area contributed by atoms with Crippen molar-refractivity contribution in [2.45, 2.75) is 63.1 Å². The predicted octanol–water partition coefficient (Wildman–Crippen LogP) is 5.30. The van der Waals surface area contributed by atoms with E-state index < -0.39 is 12.5 Å². The maximum absolute atomic E-state index is 12.5. The number of rotatable bonds is 6. The number of ether oxygens (including phenoxy) is 2. The first-order chi connectivity index (χ1) is 18.8. The lowest BCUT2D eigenvalue weighted by Crippen LogP contribution is -2.35. The number of likely N-dealkylation sites (tertiary alicyclic amines) is 1. The molecule has 0 spiro atoms. The molecule has 0 radical (unpaired) electrons. The highest BCUT2D eigenvalue weighted by molar-refractivity contribution is 5.95. The Morgan fingerprint density at radius 3 is 2.51 bits per heavy atom. The van der Waals surface area contributed by atoms with Crippen LogP contribution in [-0.4, -0.2) is 74.6 Å². The Morgan fingerprint density at radius 1 is 0.949 bits per heavy atom. The summed E-state index contributed by atoms with van der Waals surface area (Å²) in [7, 11) is 2.12. The van der Waals surface area contributed by atoms with Crippen molar-refractivity contribution in [3.05, 3.63) is 36.8 Å². The lowest BCUT2D eigenvalue weighted by atomic mass is 9.93. The molecule has 3 aromatic heterocycles. The minimum absolute atomic E-state index is 0.00466. The van der Waals surface area contributed by atoms with E-state index in [1.807, 2.05) is 24.4 Å². The molecule has 1 aliphatic heterocycles. The highest BCUT2D eigenvalue weighted by Crippen LogP contribution is 2.32. The van der Waals surface area contributed by atoms with Crippen LogP contribution >= 0.6 is 0 Å². The molecule has 0 atom stereocenters. The van der Waals surface area contributed by atoms with Crippen LogP contribution in [0.3, 0.4) is 0 Å². The molecule has 2 N–H and O–H groups in total. The third kappa shape index (κ3) is 6.06. The molecule has 39 heavy (non-hydrogen) atoms. The second-order valence-corrected chi connectivity index (χ2v) is 10.4. The summed E-state index contributed by atoms with van der Waals surface area (Å²) in [6, 6.07) is 5.91. The third-order valence-corrected chi connectivity index (χ3v) is 7.52. The number of benzene rings is 1. The SMILES string of the molecule is CN1CCC(Oc2cnc3ccc(-c4c[nH]c5nc(N[C@H]6CC[C@@H](OC(F)(F)F)CC6)ncc45)cc3n2)CC1. The Labute approximate surface area is 223 Å². The summed E-state index contributed by atoms with van der Waals surface area (Å²) in [5.74, 6) is 0.974. The van der Waals surface area contributed by atoms with E-state index in [0.29, 0.717) is 43.2 Å². The summed E-state index contributed by atoms with van der Waals surface area (Å²) in [5.41, 5.74) is 4.09. The molecule has 0 unspecified atom stereocenters. The van der Waals surface area contributed by atoms with Gasteiger partial charge in [-0.05, 0) is 63.3 Å². The van der Waals surface area contributed by atoms with Crippen molar-refractivity contribution < 1.29 is 22.6 Å². The van der Waals surface area contributed by atoms with E-state index in [1.165, 1.54) is 0 Å². The van der Waals surface area contributed by atoms with Crippen LogP contribution in [0, 0.1) is 0 Å². The van der Waals surface area contributed by atoms with Crippen LogP contribution in [0.2, 0.25) is 0 Å². The lowest BCUT2D eigenvalue weighted by molar-refractivity contribution is -0.345. The normalized spacial score (nSPS) is 21.4. The summed E-state index contributed by atoms with van der Waals surface area (Å²) in [5, 5.41) is 4.11. The lowest BCUT2D eigenvalue weighted by Gasteiger charge is -2.29. The molecule has 0 amide bonds. The number of anilines is 1. The maximum Gasteiger partial charge on any atom is 0.522 e. The van der Waals surface area contributed by atoms with Gasteiger partial charge in [-0.25, -0.2) is 15.0 Å². The van der Waals surface area contributed by atoms with Crippen molar-refractivity contribution in [1.82, 2.24) is 29.8 Å². The molecule has 1 aromatic carbocycles. The van der Waals surface area contributed by atoms with Gasteiger partial charge in [0.1, 0.15) is 11.8 Å². The van der Waals surface area contributed by atoms with E-state index >= 15 is 0 Å². The molecule has 12 heteroatoms. The standard InChI is InChI=1S/C27H30F3N7O2/c1-37-10-8-18(9-11-37)38-24-15-31-22-7-2-16(12-23(22)35-24)20-13-32-25-21(20)14-33-26(36-25)34-17-3-5-19(6-4-17)39-27(28,29)30/h2,7,12-15,17-19H,3-6,8-11H2,1H3,(H2,32,33,34,36)/t17-,19+. The topological polar surface area (TPSA) is 101 Å². The van der Waals surface area contributed by atoms with Gasteiger partial charge in [-0.15, -0.1) is 13.2 Å². The Bertz CT molecular complexity index is 1440. The van der Waals surface area contributed by atoms with Gasteiger partial charge >= 0.3 is 6.36 Å². The fourth-order valence-electron chi connectivity index (χ4n) is 5.40. The zero-order valence-corrected chi connectivity index (χ0v) is 21.5. The Morgan fingerprint density at radius 2 is 1.74 bits per heavy atom. The van der Waals surface area contributed by atoms with Crippen molar-refractivity contribution in [1.29, 1.82) is 0 Å². The number of nitrogens with zero attached hydrogens (tertiary/aromatic N) is 5. The molecule has 6 rings (SSSR count). The summed E-state index contributed by atoms with van der Waals surface area (Å²) < 4.78 is 47.7. The number of aromatic nitrogens is 5. The molecule has 0 bridgehead atoms. The van der Waals surface area contributed by atoms with Crippen LogP contribution in [0.25, 0.3) is 33.2 Å². The quantitative estimate of drug-likeness (QED) is 0.339. The van der Waals surface area contributed by atoms with Gasteiger partial charge in [0, 0.05) is 42.5 Å². The molecule has 9 nitrogen and oxygen atoms in total. The van der Waals surface area contributed by atoms with Crippen molar-refractivity contribution in [3.8, 4) is 17.0 Å². The minimum Gasteiger partial charge on any atom is -0.473 e. The fraction of sp³-hybridized carbons (Fsp3) is 0.481. The molecular formula is C27H30F3N7O2. The first-order valence-electron chi connectivity index (χ1n) is 13.3. The second kappa shape index (κ2) is 10.6. The molecule has 2 fully saturated rings. The van der Waals surface area contributed by atoms with Gasteiger partial charge in [-0.3, -0.25) is 4.74 Å². The molecule has 1 saturated heterocycles. The van der Waals surface area contributed by atoms with Crippen LogP contribution in [0.1, 0.15) is 38.5 Å². The summed E-state index contributed by atoms with van der Waals surface area (Å²) in [6.07, 6.45) is 3.80. The average molecular weight is 542 g/mol. The van der Waals surface area contributed by atoms with E-state index in [9.17, 15) is 13.2 Å². The van der Waals surface area contributed by atoms with Gasteiger partial charge in [0.2, 0.25) is 11.8 Å². The number of H-pyrrole nitrogens is 1. The number of alkyl halides is 3. The zero-order chi connectivity index (χ0) is 27.0. The number of hydrogen-bond acceptors (Lipinski definition) is 8. The highest BCUT2D eigenvalue weighted by Gasteiger charge is 2.35. The number of piperidine rings is 1.